The molecule has 0 spiro atoms. The molecular formula is C12H15BrF2N2O. The van der Waals surface area contributed by atoms with Crippen molar-refractivity contribution in [3.8, 4) is 5.75 Å². The van der Waals surface area contributed by atoms with Gasteiger partial charge in [0.05, 0.1) is 11.6 Å². The summed E-state index contributed by atoms with van der Waals surface area (Å²) in [6, 6.07) is 1.58. The van der Waals surface area contributed by atoms with Crippen molar-refractivity contribution < 1.29 is 13.5 Å². The molecule has 0 bridgehead atoms. The molecule has 3 nitrogen and oxygen atoms in total. The number of hydrogen-bond donors (Lipinski definition) is 1. The molecule has 100 valence electrons. The molecule has 0 saturated carbocycles. The minimum absolute atomic E-state index is 0.00534. The van der Waals surface area contributed by atoms with Crippen LogP contribution < -0.4 is 10.1 Å². The standard InChI is InChI=1S/C12H15BrF2N2O/c1-18-12-8(6-9(13)10(14)11(12)15)7-17-4-2-16-3-5-17/h6,16H,2-5,7H2,1H3. The van der Waals surface area contributed by atoms with Crippen LogP contribution in [0.4, 0.5) is 8.78 Å². The van der Waals surface area contributed by atoms with Crippen LogP contribution in [-0.2, 0) is 6.54 Å². The zero-order chi connectivity index (χ0) is 13.1. The number of piperazine rings is 1. The van der Waals surface area contributed by atoms with E-state index in [9.17, 15) is 8.78 Å². The Labute approximate surface area is 113 Å². The van der Waals surface area contributed by atoms with Crippen molar-refractivity contribution in [3.05, 3.63) is 27.7 Å². The molecule has 2 rings (SSSR count). The fraction of sp³-hybridized carbons (Fsp3) is 0.500. The molecule has 6 heteroatoms. The lowest BCUT2D eigenvalue weighted by atomic mass is 10.1. The van der Waals surface area contributed by atoms with Gasteiger partial charge in [0.2, 0.25) is 5.82 Å². The third kappa shape index (κ3) is 2.81. The van der Waals surface area contributed by atoms with E-state index >= 15 is 0 Å². The molecule has 0 unspecified atom stereocenters. The molecule has 0 aromatic heterocycles. The molecule has 1 N–H and O–H groups in total. The van der Waals surface area contributed by atoms with Crippen LogP contribution in [0.25, 0.3) is 0 Å². The summed E-state index contributed by atoms with van der Waals surface area (Å²) in [5, 5.41) is 3.24. The Kier molecular flexibility index (Phi) is 4.53. The van der Waals surface area contributed by atoms with E-state index in [1.165, 1.54) is 7.11 Å². The summed E-state index contributed by atoms with van der Waals surface area (Å²) in [7, 11) is 1.35. The lowest BCUT2D eigenvalue weighted by molar-refractivity contribution is 0.228. The average Bonchev–Trinajstić information content (AvgIpc) is 2.38. The first-order chi connectivity index (χ1) is 8.63. The van der Waals surface area contributed by atoms with E-state index in [0.717, 1.165) is 26.2 Å². The van der Waals surface area contributed by atoms with E-state index in [-0.39, 0.29) is 10.2 Å². The smallest absolute Gasteiger partial charge is 0.202 e. The van der Waals surface area contributed by atoms with Gasteiger partial charge in [-0.15, -0.1) is 0 Å². The summed E-state index contributed by atoms with van der Waals surface area (Å²) in [6.45, 7) is 4.15. The van der Waals surface area contributed by atoms with Crippen LogP contribution in [0.1, 0.15) is 5.56 Å². The zero-order valence-electron chi connectivity index (χ0n) is 10.1. The number of methoxy groups -OCH3 is 1. The fourth-order valence-corrected chi connectivity index (χ4v) is 2.53. The fourth-order valence-electron chi connectivity index (χ4n) is 2.08. The van der Waals surface area contributed by atoms with Crippen molar-refractivity contribution >= 4 is 15.9 Å². The Morgan fingerprint density at radius 1 is 1.33 bits per heavy atom. The Hall–Kier alpha value is -0.720. The molecular weight excluding hydrogens is 306 g/mol. The van der Waals surface area contributed by atoms with E-state index in [1.807, 2.05) is 0 Å². The maximum absolute atomic E-state index is 13.7. The first-order valence-corrected chi connectivity index (χ1v) is 6.56. The Bertz CT molecular complexity index is 437. The van der Waals surface area contributed by atoms with Crippen molar-refractivity contribution in [2.24, 2.45) is 0 Å². The second-order valence-electron chi connectivity index (χ2n) is 4.20. The lowest BCUT2D eigenvalue weighted by Crippen LogP contribution is -2.42. The topological polar surface area (TPSA) is 24.5 Å². The predicted molar refractivity (Wildman–Crippen MR) is 68.8 cm³/mol. The molecule has 0 aliphatic carbocycles. The van der Waals surface area contributed by atoms with Crippen molar-refractivity contribution in [3.63, 3.8) is 0 Å². The second-order valence-corrected chi connectivity index (χ2v) is 5.06. The summed E-state index contributed by atoms with van der Waals surface area (Å²) in [6.07, 6.45) is 0. The molecule has 18 heavy (non-hydrogen) atoms. The van der Waals surface area contributed by atoms with Gasteiger partial charge in [-0.2, -0.15) is 4.39 Å². The molecule has 0 atom stereocenters. The van der Waals surface area contributed by atoms with Crippen LogP contribution in [-0.4, -0.2) is 38.2 Å². The predicted octanol–water partition coefficient (Wildman–Crippen LogP) is 2.14. The summed E-state index contributed by atoms with van der Waals surface area (Å²) >= 11 is 3.02. The van der Waals surface area contributed by atoms with Gasteiger partial charge < -0.3 is 10.1 Å². The highest BCUT2D eigenvalue weighted by Gasteiger charge is 2.20. The Balaban J connectivity index is 2.25. The van der Waals surface area contributed by atoms with Gasteiger partial charge in [0.25, 0.3) is 0 Å². The number of ether oxygens (including phenoxy) is 1. The SMILES string of the molecule is COc1c(CN2CCNCC2)cc(Br)c(F)c1F. The highest BCUT2D eigenvalue weighted by atomic mass is 79.9. The molecule has 1 heterocycles. The van der Waals surface area contributed by atoms with Crippen molar-refractivity contribution in [2.45, 2.75) is 6.54 Å². The second kappa shape index (κ2) is 5.95. The number of benzene rings is 1. The molecule has 0 radical (unpaired) electrons. The summed E-state index contributed by atoms with van der Waals surface area (Å²) in [5.41, 5.74) is 0.658. The number of nitrogens with one attached hydrogen (secondary N) is 1. The van der Waals surface area contributed by atoms with Crippen LogP contribution in [0.2, 0.25) is 0 Å². The van der Waals surface area contributed by atoms with E-state index in [0.29, 0.717) is 12.1 Å². The third-order valence-electron chi connectivity index (χ3n) is 3.00. The van der Waals surface area contributed by atoms with Crippen LogP contribution in [0.3, 0.4) is 0 Å². The highest BCUT2D eigenvalue weighted by Crippen LogP contribution is 2.31. The number of hydrogen-bond acceptors (Lipinski definition) is 3. The van der Waals surface area contributed by atoms with Gasteiger partial charge in [0.1, 0.15) is 0 Å². The first-order valence-electron chi connectivity index (χ1n) is 5.77. The average molecular weight is 321 g/mol. The highest BCUT2D eigenvalue weighted by molar-refractivity contribution is 9.10. The minimum atomic E-state index is -0.933. The first kappa shape index (κ1) is 13.7. The quantitative estimate of drug-likeness (QED) is 0.864. The van der Waals surface area contributed by atoms with E-state index in [1.54, 1.807) is 6.07 Å². The van der Waals surface area contributed by atoms with Gasteiger partial charge in [0.15, 0.2) is 11.6 Å². The van der Waals surface area contributed by atoms with E-state index in [2.05, 4.69) is 26.1 Å². The van der Waals surface area contributed by atoms with Gasteiger partial charge in [0, 0.05) is 38.3 Å². The number of nitrogens with zero attached hydrogens (tertiary/aromatic N) is 1. The number of rotatable bonds is 3. The third-order valence-corrected chi connectivity index (χ3v) is 3.58. The maximum Gasteiger partial charge on any atom is 0.202 e. The summed E-state index contributed by atoms with van der Waals surface area (Å²) < 4.78 is 32.2. The van der Waals surface area contributed by atoms with E-state index < -0.39 is 11.6 Å². The molecule has 1 fully saturated rings. The molecule has 1 aromatic carbocycles. The van der Waals surface area contributed by atoms with Gasteiger partial charge >= 0.3 is 0 Å². The van der Waals surface area contributed by atoms with Crippen molar-refractivity contribution in [2.75, 3.05) is 33.3 Å². The zero-order valence-corrected chi connectivity index (χ0v) is 11.7. The molecule has 0 amide bonds. The molecule has 1 saturated heterocycles. The van der Waals surface area contributed by atoms with Gasteiger partial charge in [-0.25, -0.2) is 4.39 Å². The largest absolute Gasteiger partial charge is 0.493 e. The lowest BCUT2D eigenvalue weighted by Gasteiger charge is -2.27. The maximum atomic E-state index is 13.7. The summed E-state index contributed by atoms with van der Waals surface area (Å²) in [4.78, 5) is 2.18. The Morgan fingerprint density at radius 3 is 2.61 bits per heavy atom. The monoisotopic (exact) mass is 320 g/mol. The Morgan fingerprint density at radius 2 is 2.00 bits per heavy atom. The normalized spacial score (nSPS) is 16.9. The molecule has 1 aromatic rings. The van der Waals surface area contributed by atoms with Crippen LogP contribution >= 0.6 is 15.9 Å². The minimum Gasteiger partial charge on any atom is -0.493 e. The van der Waals surface area contributed by atoms with Crippen molar-refractivity contribution in [1.29, 1.82) is 0 Å². The van der Waals surface area contributed by atoms with E-state index in [4.69, 9.17) is 4.74 Å². The molecule has 1 aliphatic rings. The number of halogens is 3. The van der Waals surface area contributed by atoms with Crippen LogP contribution in [0, 0.1) is 11.6 Å². The van der Waals surface area contributed by atoms with Crippen LogP contribution in [0.15, 0.2) is 10.5 Å². The van der Waals surface area contributed by atoms with Crippen LogP contribution in [0.5, 0.6) is 5.75 Å². The van der Waals surface area contributed by atoms with Gasteiger partial charge in [-0.05, 0) is 22.0 Å². The molecule has 1 aliphatic heterocycles. The van der Waals surface area contributed by atoms with Crippen molar-refractivity contribution in [1.82, 2.24) is 10.2 Å². The van der Waals surface area contributed by atoms with Gasteiger partial charge in [-0.1, -0.05) is 0 Å². The van der Waals surface area contributed by atoms with Gasteiger partial charge in [-0.3, -0.25) is 4.90 Å². The summed E-state index contributed by atoms with van der Waals surface area (Å²) in [5.74, 6) is -1.85.